The fraction of sp³-hybridized carbons (Fsp3) is 0.588. The molecule has 3 saturated carbocycles. The van der Waals surface area contributed by atoms with Crippen LogP contribution in [0.15, 0.2) is 41.7 Å². The largest absolute Gasteiger partial charge is 0.480 e. The Morgan fingerprint density at radius 1 is 1.08 bits per heavy atom. The maximum absolute atomic E-state index is 14.3. The van der Waals surface area contributed by atoms with Gasteiger partial charge < -0.3 is 25.0 Å². The summed E-state index contributed by atoms with van der Waals surface area (Å²) < 4.78 is 39.7. The van der Waals surface area contributed by atoms with Crippen LogP contribution in [0.2, 0.25) is 0 Å². The zero-order chi connectivity index (χ0) is 36.0. The maximum atomic E-state index is 14.3. The van der Waals surface area contributed by atoms with E-state index >= 15 is 0 Å². The number of nitrogens with zero attached hydrogens (tertiary/aromatic N) is 3. The van der Waals surface area contributed by atoms with Gasteiger partial charge in [-0.2, -0.15) is 0 Å². The molecule has 6 rings (SSSR count). The highest BCUT2D eigenvalue weighted by Gasteiger charge is 2.62. The summed E-state index contributed by atoms with van der Waals surface area (Å²) in [5.74, 6) is -2.96. The quantitative estimate of drug-likeness (QED) is 0.274. The molecule has 4 amide bonds. The Balaban J connectivity index is 1.31. The molecule has 1 aliphatic heterocycles. The second-order valence-corrected chi connectivity index (χ2v) is 16.0. The number of methoxy groups -OCH3 is 1. The molecule has 3 N–H and O–H groups in total. The summed E-state index contributed by atoms with van der Waals surface area (Å²) >= 11 is 0. The van der Waals surface area contributed by atoms with E-state index in [0.29, 0.717) is 23.6 Å². The number of aromatic nitrogens is 2. The lowest BCUT2D eigenvalue weighted by Crippen LogP contribution is -2.59. The number of sulfonamides is 1. The van der Waals surface area contributed by atoms with Crippen LogP contribution in [0.4, 0.5) is 4.79 Å². The molecule has 270 valence electrons. The number of carbonyl (C=O) groups is 4. The summed E-state index contributed by atoms with van der Waals surface area (Å²) in [4.78, 5) is 69.9. The summed E-state index contributed by atoms with van der Waals surface area (Å²) in [6, 6.07) is 3.69. The third-order valence-corrected chi connectivity index (χ3v) is 12.0. The van der Waals surface area contributed by atoms with Crippen molar-refractivity contribution in [1.82, 2.24) is 30.0 Å². The van der Waals surface area contributed by atoms with Gasteiger partial charge in [-0.25, -0.2) is 17.9 Å². The Labute approximate surface area is 290 Å². The van der Waals surface area contributed by atoms with Crippen LogP contribution in [-0.2, 0) is 29.1 Å². The monoisotopic (exact) mass is 712 g/mol. The van der Waals surface area contributed by atoms with Crippen LogP contribution >= 0.6 is 0 Å². The molecule has 3 aliphatic carbocycles. The van der Waals surface area contributed by atoms with Gasteiger partial charge in [-0.15, -0.1) is 11.7 Å². The summed E-state index contributed by atoms with van der Waals surface area (Å²) in [6.07, 6.45) is 4.80. The van der Waals surface area contributed by atoms with Crippen molar-refractivity contribution in [2.75, 3.05) is 13.7 Å². The number of likely N-dealkylation sites (tertiary alicyclic amines) is 1. The van der Waals surface area contributed by atoms with Gasteiger partial charge in [0.1, 0.15) is 23.7 Å². The van der Waals surface area contributed by atoms with Gasteiger partial charge in [0.2, 0.25) is 27.7 Å². The van der Waals surface area contributed by atoms with Crippen LogP contribution in [0.25, 0.3) is 10.8 Å². The van der Waals surface area contributed by atoms with Crippen LogP contribution in [0, 0.1) is 11.8 Å². The average molecular weight is 713 g/mol. The van der Waals surface area contributed by atoms with E-state index in [1.807, 2.05) is 0 Å². The maximum Gasteiger partial charge on any atom is 0.408 e. The third-order valence-electron chi connectivity index (χ3n) is 10.2. The normalized spacial score (nSPS) is 25.6. The highest BCUT2D eigenvalue weighted by Crippen LogP contribution is 2.45. The number of hydrogen-bond donors (Lipinski definition) is 3. The molecule has 1 saturated heterocycles. The molecule has 5 atom stereocenters. The first kappa shape index (κ1) is 35.4. The second kappa shape index (κ2) is 13.7. The van der Waals surface area contributed by atoms with E-state index in [4.69, 9.17) is 9.47 Å². The molecule has 0 bridgehead atoms. The molecule has 4 fully saturated rings. The minimum Gasteiger partial charge on any atom is -0.480 e. The van der Waals surface area contributed by atoms with E-state index in [0.717, 1.165) is 25.7 Å². The second-order valence-electron chi connectivity index (χ2n) is 14.1. The standard InChI is InChI=1S/C34H44N6O9S/c1-5-20-17-34(20,32(44)38-50(46,47)23-14-15-23)36-28(41)26-16-21(40-30(42)25-13-9-8-12-24(25)29(37-40)48-4)18-39(26)31(43)27(19(2)3)35-33(45)49-22-10-6-7-11-22/h5,8-9,12-13,19-23,26-27H,1,6-7,10-11,14-18H2,2-4H3,(H,35,45)(H,36,41)(H,38,44)/t20-,21-,26+,27+,34-/m1/s1. The molecular weight excluding hydrogens is 668 g/mol. The number of nitrogens with one attached hydrogen (secondary N) is 3. The van der Waals surface area contributed by atoms with E-state index in [9.17, 15) is 32.4 Å². The van der Waals surface area contributed by atoms with E-state index in [-0.39, 0.29) is 31.4 Å². The number of hydrogen-bond acceptors (Lipinski definition) is 10. The molecule has 0 radical (unpaired) electrons. The molecule has 0 unspecified atom stereocenters. The highest BCUT2D eigenvalue weighted by atomic mass is 32.2. The van der Waals surface area contributed by atoms with Crippen molar-refractivity contribution in [3.8, 4) is 5.88 Å². The first-order chi connectivity index (χ1) is 23.8. The molecule has 4 aliphatic rings. The molecule has 16 heteroatoms. The number of ether oxygens (including phenoxy) is 2. The minimum atomic E-state index is -3.92. The van der Waals surface area contributed by atoms with Gasteiger partial charge >= 0.3 is 6.09 Å². The van der Waals surface area contributed by atoms with Gasteiger partial charge in [-0.05, 0) is 63.0 Å². The number of alkyl carbamates (subject to hydrolysis) is 1. The molecule has 1 aromatic carbocycles. The predicted octanol–water partition coefficient (Wildman–Crippen LogP) is 1.91. The van der Waals surface area contributed by atoms with Gasteiger partial charge in [-0.3, -0.25) is 23.9 Å². The number of rotatable bonds is 12. The molecule has 50 heavy (non-hydrogen) atoms. The van der Waals surface area contributed by atoms with Crippen molar-refractivity contribution in [2.24, 2.45) is 11.8 Å². The van der Waals surface area contributed by atoms with E-state index < -0.39 is 80.1 Å². The molecule has 0 spiro atoms. The molecule has 15 nitrogen and oxygen atoms in total. The lowest BCUT2D eigenvalue weighted by Gasteiger charge is -2.31. The Kier molecular flexibility index (Phi) is 9.68. The lowest BCUT2D eigenvalue weighted by atomic mass is 10.0. The summed E-state index contributed by atoms with van der Waals surface area (Å²) in [5.41, 5.74) is -2.04. The number of amides is 4. The van der Waals surface area contributed by atoms with Crippen LogP contribution in [0.5, 0.6) is 5.88 Å². The lowest BCUT2D eigenvalue weighted by molar-refractivity contribution is -0.141. The molecule has 2 aromatic rings. The summed E-state index contributed by atoms with van der Waals surface area (Å²) in [6.45, 7) is 7.11. The van der Waals surface area contributed by atoms with Gasteiger partial charge in [-0.1, -0.05) is 32.1 Å². The average Bonchev–Trinajstić information content (AvgIpc) is 3.96. The first-order valence-corrected chi connectivity index (χ1v) is 18.7. The topological polar surface area (TPSA) is 195 Å². The third kappa shape index (κ3) is 6.81. The van der Waals surface area contributed by atoms with E-state index in [1.165, 1.54) is 22.8 Å². The van der Waals surface area contributed by atoms with Crippen LogP contribution < -0.4 is 25.7 Å². The Hall–Kier alpha value is -4.47. The Morgan fingerprint density at radius 3 is 2.36 bits per heavy atom. The van der Waals surface area contributed by atoms with Crippen LogP contribution in [0.3, 0.4) is 0 Å². The Bertz CT molecular complexity index is 1870. The smallest absolute Gasteiger partial charge is 0.408 e. The van der Waals surface area contributed by atoms with Gasteiger partial charge in [0.05, 0.1) is 29.2 Å². The SMILES string of the molecule is C=C[C@@H]1C[C@]1(NC(=O)[C@@H]1C[C@@H](n2nc(OC)c3ccccc3c2=O)CN1C(=O)[C@@H](NC(=O)OC1CCCC1)C(C)C)C(=O)NS(=O)(=O)C1CC1. The zero-order valence-corrected chi connectivity index (χ0v) is 29.2. The molecular formula is C34H44N6O9S. The van der Waals surface area contributed by atoms with E-state index in [1.54, 1.807) is 38.1 Å². The number of benzene rings is 1. The summed E-state index contributed by atoms with van der Waals surface area (Å²) in [7, 11) is -2.49. The van der Waals surface area contributed by atoms with Crippen molar-refractivity contribution in [3.05, 3.63) is 47.3 Å². The number of fused-ring (bicyclic) bond motifs is 1. The van der Waals surface area contributed by atoms with E-state index in [2.05, 4.69) is 27.0 Å². The van der Waals surface area contributed by atoms with Crippen LogP contribution in [0.1, 0.15) is 71.3 Å². The summed E-state index contributed by atoms with van der Waals surface area (Å²) in [5, 5.41) is 10.1. The zero-order valence-electron chi connectivity index (χ0n) is 28.4. The van der Waals surface area contributed by atoms with Gasteiger partial charge in [0.15, 0.2) is 0 Å². The number of carbonyl (C=O) groups excluding carboxylic acids is 4. The highest BCUT2D eigenvalue weighted by molar-refractivity contribution is 7.91. The van der Waals surface area contributed by atoms with Crippen LogP contribution in [-0.4, -0.2) is 89.5 Å². The Morgan fingerprint density at radius 2 is 1.76 bits per heavy atom. The first-order valence-electron chi connectivity index (χ1n) is 17.1. The van der Waals surface area contributed by atoms with Gasteiger partial charge in [0, 0.05) is 18.9 Å². The van der Waals surface area contributed by atoms with Crippen molar-refractivity contribution in [1.29, 1.82) is 0 Å². The minimum absolute atomic E-state index is 0.0693. The predicted molar refractivity (Wildman–Crippen MR) is 181 cm³/mol. The van der Waals surface area contributed by atoms with Crippen molar-refractivity contribution < 1.29 is 37.1 Å². The van der Waals surface area contributed by atoms with Crippen molar-refractivity contribution >= 4 is 44.6 Å². The van der Waals surface area contributed by atoms with Gasteiger partial charge in [0.25, 0.3) is 11.5 Å². The van der Waals surface area contributed by atoms with Crippen molar-refractivity contribution in [3.63, 3.8) is 0 Å². The fourth-order valence-electron chi connectivity index (χ4n) is 7.09. The van der Waals surface area contributed by atoms with Crippen molar-refractivity contribution in [2.45, 2.75) is 100 Å². The fourth-order valence-corrected chi connectivity index (χ4v) is 8.45. The molecule has 1 aromatic heterocycles. The molecule has 2 heterocycles.